The fourth-order valence-corrected chi connectivity index (χ4v) is 2.13. The van der Waals surface area contributed by atoms with E-state index in [9.17, 15) is 9.90 Å². The van der Waals surface area contributed by atoms with Crippen LogP contribution >= 0.6 is 11.6 Å². The quantitative estimate of drug-likeness (QED) is 0.750. The van der Waals surface area contributed by atoms with E-state index in [1.165, 1.54) is 0 Å². The Morgan fingerprint density at radius 3 is 2.64 bits per heavy atom. The van der Waals surface area contributed by atoms with E-state index < -0.39 is 5.97 Å². The Kier molecular flexibility index (Phi) is 5.67. The summed E-state index contributed by atoms with van der Waals surface area (Å²) in [6.07, 6.45) is 0.759. The fourth-order valence-electron chi connectivity index (χ4n) is 2.01. The zero-order valence-electron chi connectivity index (χ0n) is 12.3. The molecular weight excluding hydrogens is 302 g/mol. The number of hydrogen-bond donors (Lipinski definition) is 2. The summed E-state index contributed by atoms with van der Waals surface area (Å²) in [5, 5.41) is 13.0. The molecule has 0 aliphatic rings. The van der Waals surface area contributed by atoms with Crippen molar-refractivity contribution in [3.8, 4) is 5.75 Å². The van der Waals surface area contributed by atoms with Crippen LogP contribution < -0.4 is 10.1 Å². The molecule has 0 atom stereocenters. The normalized spacial score (nSPS) is 10.3. The molecular formula is C17H18ClNO3. The molecule has 0 bridgehead atoms. The van der Waals surface area contributed by atoms with E-state index in [1.807, 2.05) is 25.1 Å². The first-order chi connectivity index (χ1) is 10.6. The lowest BCUT2D eigenvalue weighted by Gasteiger charge is -2.11. The molecule has 2 N–H and O–H groups in total. The number of aryl methyl sites for hydroxylation is 1. The average Bonchev–Trinajstić information content (AvgIpc) is 2.50. The smallest absolute Gasteiger partial charge is 0.337 e. The van der Waals surface area contributed by atoms with Crippen molar-refractivity contribution in [2.75, 3.05) is 18.5 Å². The highest BCUT2D eigenvalue weighted by Gasteiger charge is 2.09. The summed E-state index contributed by atoms with van der Waals surface area (Å²) >= 11 is 5.80. The molecule has 0 spiro atoms. The summed E-state index contributed by atoms with van der Waals surface area (Å²) in [7, 11) is 0. The molecule has 4 nitrogen and oxygen atoms in total. The number of hydrogen-bond acceptors (Lipinski definition) is 3. The van der Waals surface area contributed by atoms with E-state index >= 15 is 0 Å². The van der Waals surface area contributed by atoms with Crippen molar-refractivity contribution in [2.24, 2.45) is 0 Å². The van der Waals surface area contributed by atoms with Gasteiger partial charge in [0.05, 0.1) is 12.2 Å². The Hall–Kier alpha value is -2.20. The molecule has 0 aromatic heterocycles. The van der Waals surface area contributed by atoms with Gasteiger partial charge in [-0.05, 0) is 49.7 Å². The number of rotatable bonds is 7. The first-order valence-electron chi connectivity index (χ1n) is 7.02. The molecule has 0 aliphatic carbocycles. The van der Waals surface area contributed by atoms with E-state index in [0.29, 0.717) is 29.4 Å². The molecule has 0 saturated carbocycles. The van der Waals surface area contributed by atoms with E-state index in [-0.39, 0.29) is 0 Å². The highest BCUT2D eigenvalue weighted by atomic mass is 35.5. The second kappa shape index (κ2) is 7.71. The van der Waals surface area contributed by atoms with Crippen molar-refractivity contribution in [3.63, 3.8) is 0 Å². The molecule has 5 heteroatoms. The second-order valence-corrected chi connectivity index (χ2v) is 5.37. The third kappa shape index (κ3) is 4.67. The Morgan fingerprint density at radius 2 is 1.95 bits per heavy atom. The first-order valence-corrected chi connectivity index (χ1v) is 7.40. The van der Waals surface area contributed by atoms with E-state index in [0.717, 1.165) is 17.7 Å². The summed E-state index contributed by atoms with van der Waals surface area (Å²) in [6, 6.07) is 12.5. The van der Waals surface area contributed by atoms with E-state index in [2.05, 4.69) is 5.32 Å². The Bertz CT molecular complexity index is 641. The summed E-state index contributed by atoms with van der Waals surface area (Å²) in [5.74, 6) is -0.158. The number of carbonyl (C=O) groups is 1. The average molecular weight is 320 g/mol. The van der Waals surface area contributed by atoms with Crippen molar-refractivity contribution in [1.29, 1.82) is 0 Å². The van der Waals surface area contributed by atoms with Crippen molar-refractivity contribution in [3.05, 3.63) is 58.6 Å². The molecule has 0 aliphatic heterocycles. The third-order valence-electron chi connectivity index (χ3n) is 3.12. The molecule has 22 heavy (non-hydrogen) atoms. The maximum absolute atomic E-state index is 11.2. The van der Waals surface area contributed by atoms with Crippen molar-refractivity contribution in [2.45, 2.75) is 13.3 Å². The molecule has 2 aromatic carbocycles. The van der Waals surface area contributed by atoms with Gasteiger partial charge in [-0.25, -0.2) is 4.79 Å². The van der Waals surface area contributed by atoms with Crippen molar-refractivity contribution in [1.82, 2.24) is 0 Å². The highest BCUT2D eigenvalue weighted by molar-refractivity contribution is 6.30. The van der Waals surface area contributed by atoms with Crippen LogP contribution in [0.2, 0.25) is 5.02 Å². The van der Waals surface area contributed by atoms with Crippen LogP contribution in [-0.2, 0) is 0 Å². The minimum absolute atomic E-state index is 0.290. The van der Waals surface area contributed by atoms with Crippen LogP contribution in [0.15, 0.2) is 42.5 Å². The van der Waals surface area contributed by atoms with Crippen LogP contribution in [0.25, 0.3) is 0 Å². The highest BCUT2D eigenvalue weighted by Crippen LogP contribution is 2.18. The van der Waals surface area contributed by atoms with Crippen LogP contribution in [0.5, 0.6) is 5.75 Å². The van der Waals surface area contributed by atoms with Gasteiger partial charge in [0.2, 0.25) is 0 Å². The summed E-state index contributed by atoms with van der Waals surface area (Å²) in [6.45, 7) is 3.05. The Labute approximate surface area is 134 Å². The summed E-state index contributed by atoms with van der Waals surface area (Å²) in [4.78, 5) is 11.2. The van der Waals surface area contributed by atoms with Gasteiger partial charge in [-0.1, -0.05) is 23.2 Å². The Morgan fingerprint density at radius 1 is 1.23 bits per heavy atom. The third-order valence-corrected chi connectivity index (χ3v) is 3.38. The number of carboxylic acid groups (broad SMARTS) is 1. The number of nitrogens with one attached hydrogen (secondary N) is 1. The monoisotopic (exact) mass is 319 g/mol. The number of aromatic carboxylic acids is 1. The number of carboxylic acids is 1. The van der Waals surface area contributed by atoms with Crippen LogP contribution in [-0.4, -0.2) is 24.2 Å². The number of anilines is 1. The van der Waals surface area contributed by atoms with Gasteiger partial charge in [0.15, 0.2) is 0 Å². The topological polar surface area (TPSA) is 58.6 Å². The minimum Gasteiger partial charge on any atom is -0.494 e. The maximum Gasteiger partial charge on any atom is 0.337 e. The first kappa shape index (κ1) is 16.2. The predicted molar refractivity (Wildman–Crippen MR) is 88.2 cm³/mol. The van der Waals surface area contributed by atoms with Crippen LogP contribution in [0.3, 0.4) is 0 Å². The lowest BCUT2D eigenvalue weighted by Crippen LogP contribution is -2.10. The number of benzene rings is 2. The van der Waals surface area contributed by atoms with Gasteiger partial charge in [-0.2, -0.15) is 0 Å². The zero-order chi connectivity index (χ0) is 15.9. The van der Waals surface area contributed by atoms with Crippen LogP contribution in [0.1, 0.15) is 22.3 Å². The largest absolute Gasteiger partial charge is 0.494 e. The lowest BCUT2D eigenvalue weighted by atomic mass is 10.1. The van der Waals surface area contributed by atoms with E-state index in [4.69, 9.17) is 16.3 Å². The number of ether oxygens (including phenoxy) is 1. The molecule has 2 aromatic rings. The standard InChI is InChI=1S/C17H18ClNO3/c1-12-3-8-16(15(11-12)17(20)21)19-9-2-10-22-14-6-4-13(18)5-7-14/h3-8,11,19H,2,9-10H2,1H3,(H,20,21). The molecule has 0 heterocycles. The maximum atomic E-state index is 11.2. The Balaban J connectivity index is 1.79. The molecule has 116 valence electrons. The minimum atomic E-state index is -0.927. The van der Waals surface area contributed by atoms with Gasteiger partial charge >= 0.3 is 5.97 Å². The molecule has 0 fully saturated rings. The van der Waals surface area contributed by atoms with Crippen molar-refractivity contribution >= 4 is 23.3 Å². The molecule has 0 unspecified atom stereocenters. The van der Waals surface area contributed by atoms with Gasteiger partial charge in [-0.3, -0.25) is 0 Å². The predicted octanol–water partition coefficient (Wildman–Crippen LogP) is 4.23. The summed E-state index contributed by atoms with van der Waals surface area (Å²) < 4.78 is 5.58. The van der Waals surface area contributed by atoms with Gasteiger partial charge in [0, 0.05) is 17.3 Å². The lowest BCUT2D eigenvalue weighted by molar-refractivity contribution is 0.0698. The van der Waals surface area contributed by atoms with Crippen molar-refractivity contribution < 1.29 is 14.6 Å². The fraction of sp³-hybridized carbons (Fsp3) is 0.235. The van der Waals surface area contributed by atoms with Crippen LogP contribution in [0, 0.1) is 6.92 Å². The zero-order valence-corrected chi connectivity index (χ0v) is 13.1. The van der Waals surface area contributed by atoms with E-state index in [1.54, 1.807) is 24.3 Å². The van der Waals surface area contributed by atoms with Crippen LogP contribution in [0.4, 0.5) is 5.69 Å². The van der Waals surface area contributed by atoms with Gasteiger partial charge in [0.1, 0.15) is 5.75 Å². The number of halogens is 1. The molecule has 0 amide bonds. The second-order valence-electron chi connectivity index (χ2n) is 4.94. The van der Waals surface area contributed by atoms with Gasteiger partial charge in [0.25, 0.3) is 0 Å². The van der Waals surface area contributed by atoms with Gasteiger partial charge in [-0.15, -0.1) is 0 Å². The van der Waals surface area contributed by atoms with Gasteiger partial charge < -0.3 is 15.2 Å². The SMILES string of the molecule is Cc1ccc(NCCCOc2ccc(Cl)cc2)c(C(=O)O)c1. The molecule has 0 radical (unpaired) electrons. The molecule has 0 saturated heterocycles. The molecule has 2 rings (SSSR count). The summed E-state index contributed by atoms with van der Waals surface area (Å²) in [5.41, 5.74) is 1.84.